The van der Waals surface area contributed by atoms with E-state index in [0.717, 1.165) is 6.42 Å². The summed E-state index contributed by atoms with van der Waals surface area (Å²) in [5, 5.41) is 9.36. The molecule has 0 aliphatic carbocycles. The number of amides is 1. The van der Waals surface area contributed by atoms with Crippen molar-refractivity contribution in [3.05, 3.63) is 36.2 Å². The Morgan fingerprint density at radius 3 is 2.73 bits per heavy atom. The van der Waals surface area contributed by atoms with Crippen molar-refractivity contribution in [1.82, 2.24) is 14.9 Å². The molecule has 2 unspecified atom stereocenters. The Kier molecular flexibility index (Phi) is 3.75. The van der Waals surface area contributed by atoms with E-state index in [1.165, 1.54) is 11.1 Å². The third-order valence-electron chi connectivity index (χ3n) is 4.08. The third kappa shape index (κ3) is 2.64. The topological polar surface area (TPSA) is 83.4 Å². The summed E-state index contributed by atoms with van der Waals surface area (Å²) in [7, 11) is 0. The first kappa shape index (κ1) is 14.4. The van der Waals surface area contributed by atoms with E-state index in [9.17, 15) is 14.7 Å². The predicted molar refractivity (Wildman–Crippen MR) is 80.4 cm³/mol. The van der Waals surface area contributed by atoms with Crippen molar-refractivity contribution < 1.29 is 14.7 Å². The van der Waals surface area contributed by atoms with Crippen LogP contribution in [0.1, 0.15) is 30.3 Å². The number of aromatic nitrogens is 2. The maximum absolute atomic E-state index is 12.6. The minimum atomic E-state index is -0.964. The van der Waals surface area contributed by atoms with Crippen molar-refractivity contribution in [3.8, 4) is 0 Å². The molecule has 6 heteroatoms. The first-order chi connectivity index (χ1) is 10.6. The molecule has 0 spiro atoms. The van der Waals surface area contributed by atoms with Crippen molar-refractivity contribution in [3.63, 3.8) is 0 Å². The van der Waals surface area contributed by atoms with E-state index in [-0.39, 0.29) is 11.6 Å². The number of fused-ring (bicyclic) bond motifs is 1. The molecule has 2 aromatic rings. The van der Waals surface area contributed by atoms with Crippen molar-refractivity contribution in [2.45, 2.75) is 25.8 Å². The summed E-state index contributed by atoms with van der Waals surface area (Å²) in [5.74, 6) is -1.03. The van der Waals surface area contributed by atoms with Crippen LogP contribution in [0.5, 0.6) is 0 Å². The molecule has 1 aromatic carbocycles. The van der Waals surface area contributed by atoms with E-state index in [2.05, 4.69) is 9.97 Å². The Morgan fingerprint density at radius 2 is 2.00 bits per heavy atom. The van der Waals surface area contributed by atoms with Gasteiger partial charge in [0.05, 0.1) is 17.2 Å². The lowest BCUT2D eigenvalue weighted by molar-refractivity contribution is -0.144. The number of benzene rings is 1. The molecule has 1 aliphatic heterocycles. The minimum absolute atomic E-state index is 0.194. The molecule has 2 heterocycles. The highest BCUT2D eigenvalue weighted by atomic mass is 16.4. The van der Waals surface area contributed by atoms with E-state index in [0.29, 0.717) is 29.9 Å². The van der Waals surface area contributed by atoms with Gasteiger partial charge in [0.15, 0.2) is 0 Å². The van der Waals surface area contributed by atoms with Crippen LogP contribution in [0.25, 0.3) is 11.0 Å². The molecule has 2 atom stereocenters. The standard InChI is InChI=1S/C16H17N3O3/c1-10-6-7-19(14(8-10)16(21)22)15(20)13-9-17-11-4-2-3-5-12(11)18-13/h2-5,9-10,14H,6-8H2,1H3,(H,21,22). The molecule has 0 bridgehead atoms. The summed E-state index contributed by atoms with van der Waals surface area (Å²) < 4.78 is 0. The van der Waals surface area contributed by atoms with Gasteiger partial charge >= 0.3 is 5.97 Å². The normalized spacial score (nSPS) is 21.8. The molecule has 1 saturated heterocycles. The third-order valence-corrected chi connectivity index (χ3v) is 4.08. The number of rotatable bonds is 2. The number of para-hydroxylation sites is 2. The van der Waals surface area contributed by atoms with Gasteiger partial charge in [-0.3, -0.25) is 9.78 Å². The second-order valence-electron chi connectivity index (χ2n) is 5.73. The average Bonchev–Trinajstić information content (AvgIpc) is 2.53. The van der Waals surface area contributed by atoms with Crippen LogP contribution in [0.15, 0.2) is 30.5 Å². The first-order valence-corrected chi connectivity index (χ1v) is 7.32. The number of carboxylic acids is 1. The van der Waals surface area contributed by atoms with Crippen molar-refractivity contribution in [1.29, 1.82) is 0 Å². The Bertz CT molecular complexity index is 731. The summed E-state index contributed by atoms with van der Waals surface area (Å²) in [6, 6.07) is 6.49. The number of nitrogens with zero attached hydrogens (tertiary/aromatic N) is 3. The molecule has 1 N–H and O–H groups in total. The zero-order chi connectivity index (χ0) is 15.7. The molecule has 1 aliphatic rings. The highest BCUT2D eigenvalue weighted by molar-refractivity contribution is 5.96. The monoisotopic (exact) mass is 299 g/mol. The lowest BCUT2D eigenvalue weighted by Gasteiger charge is -2.35. The Labute approximate surface area is 127 Å². The number of aliphatic carboxylic acids is 1. The lowest BCUT2D eigenvalue weighted by atomic mass is 9.92. The molecule has 0 radical (unpaired) electrons. The van der Waals surface area contributed by atoms with Crippen molar-refractivity contribution in [2.24, 2.45) is 5.92 Å². The maximum atomic E-state index is 12.6. The zero-order valence-electron chi connectivity index (χ0n) is 12.3. The van der Waals surface area contributed by atoms with Gasteiger partial charge in [-0.2, -0.15) is 0 Å². The van der Waals surface area contributed by atoms with Gasteiger partial charge in [-0.25, -0.2) is 9.78 Å². The van der Waals surface area contributed by atoms with Crippen LogP contribution in [-0.2, 0) is 4.79 Å². The van der Waals surface area contributed by atoms with Gasteiger partial charge in [0.1, 0.15) is 11.7 Å². The second-order valence-corrected chi connectivity index (χ2v) is 5.73. The Morgan fingerprint density at radius 1 is 1.27 bits per heavy atom. The zero-order valence-corrected chi connectivity index (χ0v) is 12.3. The SMILES string of the molecule is CC1CCN(C(=O)c2cnc3ccccc3n2)C(C(=O)O)C1. The van der Waals surface area contributed by atoms with Gasteiger partial charge < -0.3 is 10.0 Å². The lowest BCUT2D eigenvalue weighted by Crippen LogP contribution is -2.50. The Hall–Kier alpha value is -2.50. The summed E-state index contributed by atoms with van der Waals surface area (Å²) in [4.78, 5) is 34.0. The van der Waals surface area contributed by atoms with E-state index < -0.39 is 12.0 Å². The molecule has 3 rings (SSSR count). The average molecular weight is 299 g/mol. The van der Waals surface area contributed by atoms with Crippen LogP contribution in [-0.4, -0.2) is 44.4 Å². The first-order valence-electron chi connectivity index (χ1n) is 7.32. The van der Waals surface area contributed by atoms with E-state index >= 15 is 0 Å². The van der Waals surface area contributed by atoms with Crippen molar-refractivity contribution >= 4 is 22.9 Å². The molecular formula is C16H17N3O3. The molecular weight excluding hydrogens is 282 g/mol. The van der Waals surface area contributed by atoms with Gasteiger partial charge in [0.25, 0.3) is 5.91 Å². The number of hydrogen-bond donors (Lipinski definition) is 1. The number of piperidine rings is 1. The summed E-state index contributed by atoms with van der Waals surface area (Å²) >= 11 is 0. The number of hydrogen-bond acceptors (Lipinski definition) is 4. The van der Waals surface area contributed by atoms with E-state index in [1.807, 2.05) is 25.1 Å². The van der Waals surface area contributed by atoms with Gasteiger partial charge in [0.2, 0.25) is 0 Å². The van der Waals surface area contributed by atoms with Gasteiger partial charge in [-0.05, 0) is 30.9 Å². The van der Waals surface area contributed by atoms with Gasteiger partial charge in [-0.1, -0.05) is 19.1 Å². The largest absolute Gasteiger partial charge is 0.480 e. The predicted octanol–water partition coefficient (Wildman–Crippen LogP) is 1.96. The number of carbonyl (C=O) groups excluding carboxylic acids is 1. The van der Waals surface area contributed by atoms with Crippen LogP contribution in [0.3, 0.4) is 0 Å². The van der Waals surface area contributed by atoms with E-state index in [4.69, 9.17) is 0 Å². The molecule has 6 nitrogen and oxygen atoms in total. The molecule has 22 heavy (non-hydrogen) atoms. The highest BCUT2D eigenvalue weighted by Gasteiger charge is 2.35. The second kappa shape index (κ2) is 5.71. The van der Waals surface area contributed by atoms with Gasteiger partial charge in [0, 0.05) is 6.54 Å². The van der Waals surface area contributed by atoms with Crippen LogP contribution in [0.2, 0.25) is 0 Å². The summed E-state index contributed by atoms with van der Waals surface area (Å²) in [6.07, 6.45) is 2.69. The Balaban J connectivity index is 1.92. The van der Waals surface area contributed by atoms with E-state index in [1.54, 1.807) is 6.07 Å². The summed E-state index contributed by atoms with van der Waals surface area (Å²) in [5.41, 5.74) is 1.53. The molecule has 1 amide bonds. The van der Waals surface area contributed by atoms with Crippen LogP contribution in [0.4, 0.5) is 0 Å². The fourth-order valence-electron chi connectivity index (χ4n) is 2.83. The fraction of sp³-hybridized carbons (Fsp3) is 0.375. The molecule has 1 aromatic heterocycles. The smallest absolute Gasteiger partial charge is 0.326 e. The quantitative estimate of drug-likeness (QED) is 0.916. The van der Waals surface area contributed by atoms with Crippen LogP contribution < -0.4 is 0 Å². The fourth-order valence-corrected chi connectivity index (χ4v) is 2.83. The number of carbonyl (C=O) groups is 2. The van der Waals surface area contributed by atoms with Crippen LogP contribution in [0, 0.1) is 5.92 Å². The minimum Gasteiger partial charge on any atom is -0.480 e. The maximum Gasteiger partial charge on any atom is 0.326 e. The van der Waals surface area contributed by atoms with Gasteiger partial charge in [-0.15, -0.1) is 0 Å². The number of carboxylic acid groups (broad SMARTS) is 1. The molecule has 114 valence electrons. The molecule has 1 fully saturated rings. The highest BCUT2D eigenvalue weighted by Crippen LogP contribution is 2.24. The van der Waals surface area contributed by atoms with Crippen molar-refractivity contribution in [2.75, 3.05) is 6.54 Å². The number of likely N-dealkylation sites (tertiary alicyclic amines) is 1. The summed E-state index contributed by atoms with van der Waals surface area (Å²) in [6.45, 7) is 2.44. The van der Waals surface area contributed by atoms with Crippen LogP contribution >= 0.6 is 0 Å². The molecule has 0 saturated carbocycles.